The number of rotatable bonds is 7. The van der Waals surface area contributed by atoms with Gasteiger partial charge >= 0.3 is 11.9 Å². The summed E-state index contributed by atoms with van der Waals surface area (Å²) in [6, 6.07) is 12.0. The van der Waals surface area contributed by atoms with Crippen molar-refractivity contribution in [2.24, 2.45) is 0 Å². The molecule has 3 rings (SSSR count). The van der Waals surface area contributed by atoms with E-state index < -0.39 is 16.8 Å². The van der Waals surface area contributed by atoms with Gasteiger partial charge in [-0.2, -0.15) is 0 Å². The number of hydrogen-bond acceptors (Lipinski definition) is 6. The van der Waals surface area contributed by atoms with Crippen LogP contribution in [-0.4, -0.2) is 29.4 Å². The average molecular weight is 398 g/mol. The molecule has 1 aliphatic rings. The summed E-state index contributed by atoms with van der Waals surface area (Å²) in [6.07, 6.45) is 7.48. The van der Waals surface area contributed by atoms with Crippen LogP contribution in [0.4, 0.5) is 11.6 Å². The molecule has 0 saturated heterocycles. The Morgan fingerprint density at radius 3 is 2.52 bits per heavy atom. The van der Waals surface area contributed by atoms with Crippen molar-refractivity contribution in [3.8, 4) is 0 Å². The zero-order valence-corrected chi connectivity index (χ0v) is 15.9. The predicted molar refractivity (Wildman–Crippen MR) is 106 cm³/mol. The summed E-state index contributed by atoms with van der Waals surface area (Å²) >= 11 is 0. The van der Waals surface area contributed by atoms with Crippen LogP contribution < -0.4 is 4.90 Å². The van der Waals surface area contributed by atoms with Gasteiger partial charge in [-0.3, -0.25) is 14.9 Å². The molecule has 0 radical (unpaired) electrons. The smallest absolute Gasteiger partial charge is 0.433 e. The van der Waals surface area contributed by atoms with E-state index in [2.05, 4.69) is 0 Å². The molecule has 8 heteroatoms. The second-order valence-corrected chi connectivity index (χ2v) is 6.77. The number of carbonyl (C=O) groups excluding carboxylic acids is 2. The van der Waals surface area contributed by atoms with Crippen LogP contribution in [0.3, 0.4) is 0 Å². The summed E-state index contributed by atoms with van der Waals surface area (Å²) < 4.78 is 10.0. The highest BCUT2D eigenvalue weighted by Gasteiger charge is 2.27. The third kappa shape index (κ3) is 5.54. The molecule has 1 aliphatic carbocycles. The topological polar surface area (TPSA) is 103 Å². The Balaban J connectivity index is 1.60. The second kappa shape index (κ2) is 9.68. The number of hydrogen-bond donors (Lipinski definition) is 0. The maximum atomic E-state index is 12.8. The van der Waals surface area contributed by atoms with Crippen LogP contribution in [0.15, 0.2) is 53.0 Å². The number of amides is 1. The first kappa shape index (κ1) is 20.3. The average Bonchev–Trinajstić information content (AvgIpc) is 3.22. The third-order valence-electron chi connectivity index (χ3n) is 4.76. The molecule has 0 atom stereocenters. The Kier molecular flexibility index (Phi) is 6.78. The number of esters is 1. The number of nitrogens with zero attached hydrogens (tertiary/aromatic N) is 2. The number of ether oxygens (including phenoxy) is 1. The first-order valence-corrected chi connectivity index (χ1v) is 9.51. The lowest BCUT2D eigenvalue weighted by Gasteiger charge is -2.34. The monoisotopic (exact) mass is 398 g/mol. The molecule has 1 fully saturated rings. The quantitative estimate of drug-likeness (QED) is 0.301. The molecule has 1 aromatic heterocycles. The Labute approximate surface area is 167 Å². The summed E-state index contributed by atoms with van der Waals surface area (Å²) in [4.78, 5) is 36.4. The second-order valence-electron chi connectivity index (χ2n) is 6.77. The standard InChI is InChI=1S/C21H22N2O6/c24-19(15-28-21(25)14-12-18-11-13-20(29-18)23(26)27)22(16-7-3-1-4-8-16)17-9-5-2-6-10-17/h1,3-4,7-8,11-14,17H,2,5-6,9-10,15H2/b14-12+. The van der Waals surface area contributed by atoms with E-state index in [1.807, 2.05) is 30.3 Å². The lowest BCUT2D eigenvalue weighted by Crippen LogP contribution is -2.43. The fourth-order valence-corrected chi connectivity index (χ4v) is 3.42. The van der Waals surface area contributed by atoms with Crippen molar-refractivity contribution in [1.82, 2.24) is 0 Å². The molecule has 0 unspecified atom stereocenters. The highest BCUT2D eigenvalue weighted by atomic mass is 16.6. The van der Waals surface area contributed by atoms with E-state index in [9.17, 15) is 19.7 Å². The van der Waals surface area contributed by atoms with Gasteiger partial charge in [0, 0.05) is 17.8 Å². The van der Waals surface area contributed by atoms with Crippen LogP contribution in [0.5, 0.6) is 0 Å². The summed E-state index contributed by atoms with van der Waals surface area (Å²) in [6.45, 7) is -0.382. The number of carbonyl (C=O) groups is 2. The summed E-state index contributed by atoms with van der Waals surface area (Å²) in [5, 5.41) is 10.6. The number of para-hydroxylation sites is 1. The van der Waals surface area contributed by atoms with Gasteiger partial charge < -0.3 is 14.1 Å². The van der Waals surface area contributed by atoms with Crippen molar-refractivity contribution < 1.29 is 23.7 Å². The van der Waals surface area contributed by atoms with E-state index in [0.29, 0.717) is 0 Å². The van der Waals surface area contributed by atoms with Gasteiger partial charge in [0.05, 0.1) is 6.07 Å². The minimum absolute atomic E-state index is 0.0940. The van der Waals surface area contributed by atoms with Gasteiger partial charge in [0.25, 0.3) is 5.91 Å². The molecule has 0 N–H and O–H groups in total. The molecular formula is C21H22N2O6. The van der Waals surface area contributed by atoms with Crippen LogP contribution in [0.2, 0.25) is 0 Å². The fourth-order valence-electron chi connectivity index (χ4n) is 3.42. The molecule has 29 heavy (non-hydrogen) atoms. The minimum atomic E-state index is -0.728. The van der Waals surface area contributed by atoms with Gasteiger partial charge in [-0.1, -0.05) is 37.5 Å². The normalized spacial score (nSPS) is 14.6. The number of furan rings is 1. The third-order valence-corrected chi connectivity index (χ3v) is 4.76. The van der Waals surface area contributed by atoms with E-state index >= 15 is 0 Å². The Bertz CT molecular complexity index is 884. The van der Waals surface area contributed by atoms with E-state index in [4.69, 9.17) is 9.15 Å². The van der Waals surface area contributed by atoms with Gasteiger partial charge in [0.15, 0.2) is 6.61 Å². The van der Waals surface area contributed by atoms with Crippen LogP contribution >= 0.6 is 0 Å². The molecule has 2 aromatic rings. The Morgan fingerprint density at radius 2 is 1.86 bits per heavy atom. The van der Waals surface area contributed by atoms with Gasteiger partial charge in [-0.05, 0) is 37.1 Å². The number of anilines is 1. The van der Waals surface area contributed by atoms with Gasteiger partial charge in [-0.15, -0.1) is 0 Å². The van der Waals surface area contributed by atoms with Crippen molar-refractivity contribution in [3.63, 3.8) is 0 Å². The summed E-state index contributed by atoms with van der Waals surface area (Å²) in [5.74, 6) is -1.28. The van der Waals surface area contributed by atoms with Crippen LogP contribution in [0.25, 0.3) is 6.08 Å². The number of nitro groups is 1. The maximum Gasteiger partial charge on any atom is 0.433 e. The van der Waals surface area contributed by atoms with E-state index in [1.54, 1.807) is 4.90 Å². The molecule has 1 heterocycles. The van der Waals surface area contributed by atoms with Crippen molar-refractivity contribution >= 4 is 29.5 Å². The highest BCUT2D eigenvalue weighted by molar-refractivity contribution is 5.97. The molecule has 0 bridgehead atoms. The molecule has 0 spiro atoms. The lowest BCUT2D eigenvalue weighted by molar-refractivity contribution is -0.402. The van der Waals surface area contributed by atoms with Gasteiger partial charge in [-0.25, -0.2) is 4.79 Å². The van der Waals surface area contributed by atoms with Gasteiger partial charge in [0.1, 0.15) is 10.7 Å². The predicted octanol–water partition coefficient (Wildman–Crippen LogP) is 4.11. The molecule has 1 aromatic carbocycles. The largest absolute Gasteiger partial charge is 0.452 e. The van der Waals surface area contributed by atoms with Crippen LogP contribution in [0.1, 0.15) is 37.9 Å². The van der Waals surface area contributed by atoms with Crippen molar-refractivity contribution in [2.75, 3.05) is 11.5 Å². The minimum Gasteiger partial charge on any atom is -0.452 e. The Morgan fingerprint density at radius 1 is 1.14 bits per heavy atom. The van der Waals surface area contributed by atoms with Crippen molar-refractivity contribution in [3.05, 3.63) is 64.4 Å². The molecule has 152 valence electrons. The molecule has 1 saturated carbocycles. The number of benzene rings is 1. The molecule has 0 aliphatic heterocycles. The lowest BCUT2D eigenvalue weighted by atomic mass is 9.93. The summed E-state index contributed by atoms with van der Waals surface area (Å²) in [5.41, 5.74) is 0.791. The molecule has 1 amide bonds. The Hall–Kier alpha value is -3.42. The zero-order valence-electron chi connectivity index (χ0n) is 15.9. The van der Waals surface area contributed by atoms with Crippen LogP contribution in [-0.2, 0) is 14.3 Å². The van der Waals surface area contributed by atoms with Crippen LogP contribution in [0, 0.1) is 10.1 Å². The molecular weight excluding hydrogens is 376 g/mol. The van der Waals surface area contributed by atoms with Gasteiger partial charge in [0.2, 0.25) is 0 Å². The highest BCUT2D eigenvalue weighted by Crippen LogP contribution is 2.27. The first-order valence-electron chi connectivity index (χ1n) is 9.51. The van der Waals surface area contributed by atoms with Crippen molar-refractivity contribution in [1.29, 1.82) is 0 Å². The van der Waals surface area contributed by atoms with E-state index in [1.165, 1.54) is 18.2 Å². The van der Waals surface area contributed by atoms with Crippen molar-refractivity contribution in [2.45, 2.75) is 38.1 Å². The maximum absolute atomic E-state index is 12.8. The fraction of sp³-hybridized carbons (Fsp3) is 0.333. The van der Waals surface area contributed by atoms with E-state index in [0.717, 1.165) is 43.9 Å². The zero-order chi connectivity index (χ0) is 20.6. The van der Waals surface area contributed by atoms with E-state index in [-0.39, 0.29) is 24.3 Å². The first-order chi connectivity index (χ1) is 14.0. The molecule has 8 nitrogen and oxygen atoms in total. The summed E-state index contributed by atoms with van der Waals surface area (Å²) in [7, 11) is 0. The SMILES string of the molecule is O=C(/C=C/c1ccc([N+](=O)[O-])o1)OCC(=O)N(c1ccccc1)C1CCCCC1.